The molecule has 4 aromatic rings. The van der Waals surface area contributed by atoms with Crippen molar-refractivity contribution in [1.82, 2.24) is 9.66 Å². The Morgan fingerprint density at radius 1 is 1.21 bits per heavy atom. The van der Waals surface area contributed by atoms with Crippen molar-refractivity contribution in [3.05, 3.63) is 103 Å². The molecule has 0 unspecified atom stereocenters. The molecule has 0 saturated heterocycles. The monoisotopic (exact) mass is 520 g/mol. The van der Waals surface area contributed by atoms with E-state index in [-0.39, 0.29) is 12.2 Å². The van der Waals surface area contributed by atoms with E-state index in [0.717, 1.165) is 10.0 Å². The van der Waals surface area contributed by atoms with Crippen LogP contribution in [-0.4, -0.2) is 15.9 Å². The van der Waals surface area contributed by atoms with E-state index in [1.807, 2.05) is 31.2 Å². The van der Waals surface area contributed by atoms with Gasteiger partial charge in [-0.25, -0.2) is 4.98 Å². The first kappa shape index (κ1) is 22.7. The van der Waals surface area contributed by atoms with Gasteiger partial charge < -0.3 is 4.74 Å². The Balaban J connectivity index is 1.71. The van der Waals surface area contributed by atoms with Crippen molar-refractivity contribution >= 4 is 44.6 Å². The maximum absolute atomic E-state index is 13.1. The fourth-order valence-corrected chi connectivity index (χ4v) is 3.87. The predicted octanol–water partition coefficient (Wildman–Crippen LogP) is 5.71. The third-order valence-electron chi connectivity index (χ3n) is 5.00. The molecule has 8 heteroatoms. The third kappa shape index (κ3) is 4.98. The van der Waals surface area contributed by atoms with Gasteiger partial charge >= 0.3 is 0 Å². The molecule has 164 valence electrons. The van der Waals surface area contributed by atoms with Crippen LogP contribution in [0.3, 0.4) is 0 Å². The average molecular weight is 522 g/mol. The van der Waals surface area contributed by atoms with Crippen LogP contribution < -0.4 is 10.3 Å². The molecule has 0 atom stereocenters. The van der Waals surface area contributed by atoms with Crippen LogP contribution >= 0.6 is 27.5 Å². The van der Waals surface area contributed by atoms with Gasteiger partial charge in [-0.05, 0) is 42.5 Å². The number of rotatable bonds is 6. The minimum atomic E-state index is -0.262. The smallest absolute Gasteiger partial charge is 0.282 e. The van der Waals surface area contributed by atoms with Crippen LogP contribution in [0.1, 0.15) is 29.4 Å². The number of aryl methyl sites for hydroxylation is 1. The number of ether oxygens (including phenoxy) is 1. The first-order valence-corrected chi connectivity index (χ1v) is 11.3. The first-order chi connectivity index (χ1) is 16.0. The van der Waals surface area contributed by atoms with Gasteiger partial charge in [0.2, 0.25) is 0 Å². The topological polar surface area (TPSA) is 80.3 Å². The van der Waals surface area contributed by atoms with Crippen LogP contribution in [0.4, 0.5) is 0 Å². The van der Waals surface area contributed by atoms with Gasteiger partial charge in [0, 0.05) is 27.0 Å². The van der Waals surface area contributed by atoms with Gasteiger partial charge in [-0.15, -0.1) is 0 Å². The Bertz CT molecular complexity index is 1470. The fraction of sp³-hybridized carbons (Fsp3) is 0.120. The first-order valence-electron chi connectivity index (χ1n) is 10.2. The van der Waals surface area contributed by atoms with Crippen molar-refractivity contribution in [2.75, 3.05) is 0 Å². The van der Waals surface area contributed by atoms with E-state index in [1.54, 1.807) is 36.4 Å². The summed E-state index contributed by atoms with van der Waals surface area (Å²) in [6.07, 6.45) is 2.06. The van der Waals surface area contributed by atoms with Gasteiger partial charge in [-0.1, -0.05) is 52.7 Å². The maximum Gasteiger partial charge on any atom is 0.282 e. The van der Waals surface area contributed by atoms with Crippen molar-refractivity contribution in [2.45, 2.75) is 20.0 Å². The summed E-state index contributed by atoms with van der Waals surface area (Å²) >= 11 is 9.60. The average Bonchev–Trinajstić information content (AvgIpc) is 2.83. The highest BCUT2D eigenvalue weighted by Gasteiger charge is 2.11. The van der Waals surface area contributed by atoms with Crippen molar-refractivity contribution in [3.8, 4) is 11.8 Å². The summed E-state index contributed by atoms with van der Waals surface area (Å²) in [6.45, 7) is 2.12. The van der Waals surface area contributed by atoms with Gasteiger partial charge in [0.05, 0.1) is 28.8 Å². The van der Waals surface area contributed by atoms with Crippen LogP contribution in [0.15, 0.2) is 75.0 Å². The van der Waals surface area contributed by atoms with Crippen molar-refractivity contribution in [1.29, 1.82) is 5.26 Å². The molecule has 0 fully saturated rings. The zero-order valence-corrected chi connectivity index (χ0v) is 20.0. The molecule has 1 heterocycles. The molecule has 0 amide bonds. The van der Waals surface area contributed by atoms with E-state index in [2.05, 4.69) is 32.1 Å². The summed E-state index contributed by atoms with van der Waals surface area (Å²) in [5.41, 5.74) is 2.28. The molecule has 0 bridgehead atoms. The number of aromatic nitrogens is 2. The second kappa shape index (κ2) is 9.99. The molecule has 0 radical (unpaired) electrons. The van der Waals surface area contributed by atoms with Gasteiger partial charge in [0.1, 0.15) is 18.2 Å². The van der Waals surface area contributed by atoms with Gasteiger partial charge in [0.25, 0.3) is 5.56 Å². The van der Waals surface area contributed by atoms with Crippen LogP contribution in [0.25, 0.3) is 10.9 Å². The Labute approximate surface area is 203 Å². The van der Waals surface area contributed by atoms with Gasteiger partial charge in [0.15, 0.2) is 0 Å². The van der Waals surface area contributed by atoms with Crippen molar-refractivity contribution in [3.63, 3.8) is 0 Å². The molecule has 1 aromatic heterocycles. The zero-order chi connectivity index (χ0) is 23.4. The standard InChI is InChI=1S/C25H18BrClN4O2/c1-2-24-30-22-9-7-19(26)12-21(22)25(32)31(24)29-14-18-11-20(27)8-10-23(18)33-15-17-6-4-3-5-16(17)13-28/h3-12,14H,2,15H2,1H3. The van der Waals surface area contributed by atoms with E-state index in [1.165, 1.54) is 10.9 Å². The molecule has 0 spiro atoms. The molecule has 4 rings (SSSR count). The number of benzene rings is 3. The van der Waals surface area contributed by atoms with Crippen molar-refractivity contribution < 1.29 is 4.74 Å². The molecule has 33 heavy (non-hydrogen) atoms. The lowest BCUT2D eigenvalue weighted by molar-refractivity contribution is 0.305. The van der Waals surface area contributed by atoms with Crippen LogP contribution in [0.5, 0.6) is 5.75 Å². The lowest BCUT2D eigenvalue weighted by atomic mass is 10.1. The summed E-state index contributed by atoms with van der Waals surface area (Å²) in [6, 6.07) is 19.9. The van der Waals surface area contributed by atoms with E-state index in [4.69, 9.17) is 16.3 Å². The molecule has 0 aliphatic heterocycles. The third-order valence-corrected chi connectivity index (χ3v) is 5.73. The second-order valence-corrected chi connectivity index (χ2v) is 8.50. The number of hydrogen-bond donors (Lipinski definition) is 0. The highest BCUT2D eigenvalue weighted by atomic mass is 79.9. The largest absolute Gasteiger partial charge is 0.488 e. The van der Waals surface area contributed by atoms with E-state index >= 15 is 0 Å². The van der Waals surface area contributed by atoms with Crippen LogP contribution in [0.2, 0.25) is 5.02 Å². The molecular weight excluding hydrogens is 504 g/mol. The molecule has 6 nitrogen and oxygen atoms in total. The molecule has 0 aliphatic carbocycles. The molecule has 0 N–H and O–H groups in total. The Hall–Kier alpha value is -3.47. The fourth-order valence-electron chi connectivity index (χ4n) is 3.33. The minimum absolute atomic E-state index is 0.206. The number of hydrogen-bond acceptors (Lipinski definition) is 5. The second-order valence-electron chi connectivity index (χ2n) is 7.14. The quantitative estimate of drug-likeness (QED) is 0.305. The lowest BCUT2D eigenvalue weighted by Gasteiger charge is -2.11. The Morgan fingerprint density at radius 2 is 2.03 bits per heavy atom. The Kier molecular flexibility index (Phi) is 6.87. The Morgan fingerprint density at radius 3 is 2.82 bits per heavy atom. The molecule has 3 aromatic carbocycles. The molecule has 0 saturated carbocycles. The normalized spacial score (nSPS) is 11.1. The zero-order valence-electron chi connectivity index (χ0n) is 17.6. The highest BCUT2D eigenvalue weighted by Crippen LogP contribution is 2.23. The minimum Gasteiger partial charge on any atom is -0.488 e. The number of nitrogens with zero attached hydrogens (tertiary/aromatic N) is 4. The summed E-state index contributed by atoms with van der Waals surface area (Å²) < 4.78 is 8.06. The predicted molar refractivity (Wildman–Crippen MR) is 133 cm³/mol. The lowest BCUT2D eigenvalue weighted by Crippen LogP contribution is -2.22. The SMILES string of the molecule is CCc1nc2ccc(Br)cc2c(=O)n1N=Cc1cc(Cl)ccc1OCc1ccccc1C#N. The number of fused-ring (bicyclic) bond motifs is 1. The van der Waals surface area contributed by atoms with E-state index < -0.39 is 0 Å². The van der Waals surface area contributed by atoms with Crippen LogP contribution in [-0.2, 0) is 13.0 Å². The highest BCUT2D eigenvalue weighted by molar-refractivity contribution is 9.10. The van der Waals surface area contributed by atoms with Gasteiger partial charge in [-0.3, -0.25) is 4.79 Å². The number of halogens is 2. The van der Waals surface area contributed by atoms with Crippen LogP contribution in [0, 0.1) is 11.3 Å². The summed E-state index contributed by atoms with van der Waals surface area (Å²) in [5.74, 6) is 1.07. The summed E-state index contributed by atoms with van der Waals surface area (Å²) in [4.78, 5) is 17.7. The van der Waals surface area contributed by atoms with E-state index in [9.17, 15) is 10.1 Å². The van der Waals surface area contributed by atoms with Crippen molar-refractivity contribution in [2.24, 2.45) is 5.10 Å². The number of nitriles is 1. The summed E-state index contributed by atoms with van der Waals surface area (Å²) in [7, 11) is 0. The summed E-state index contributed by atoms with van der Waals surface area (Å²) in [5, 5.41) is 14.7. The molecule has 0 aliphatic rings. The van der Waals surface area contributed by atoms with E-state index in [0.29, 0.717) is 45.0 Å². The molecular formula is C25H18BrClN4O2. The maximum atomic E-state index is 13.1. The van der Waals surface area contributed by atoms with Gasteiger partial charge in [-0.2, -0.15) is 15.0 Å².